The monoisotopic (exact) mass is 449 g/mol. The lowest BCUT2D eigenvalue weighted by Crippen LogP contribution is -2.15. The Morgan fingerprint density at radius 3 is 2.45 bits per heavy atom. The maximum Gasteiger partial charge on any atom is 0.277 e. The lowest BCUT2D eigenvalue weighted by atomic mass is 10.2. The van der Waals surface area contributed by atoms with Gasteiger partial charge in [0, 0.05) is 40.4 Å². The van der Waals surface area contributed by atoms with Gasteiger partial charge in [-0.05, 0) is 24.3 Å². The van der Waals surface area contributed by atoms with Gasteiger partial charge in [0.05, 0.1) is 6.54 Å². The van der Waals surface area contributed by atoms with E-state index in [4.69, 9.17) is 34.8 Å². The molecular weight excluding hydrogens is 437 g/mol. The normalized spacial score (nSPS) is 11.0. The topological polar surface area (TPSA) is 82.6 Å². The summed E-state index contributed by atoms with van der Waals surface area (Å²) in [6, 6.07) is 8.67. The minimum absolute atomic E-state index is 0.224. The number of nitrogens with zero attached hydrogens (tertiary/aromatic N) is 6. The summed E-state index contributed by atoms with van der Waals surface area (Å²) in [6.07, 6.45) is 6.76. The lowest BCUT2D eigenvalue weighted by Gasteiger charge is -2.06. The van der Waals surface area contributed by atoms with Gasteiger partial charge >= 0.3 is 0 Å². The molecule has 1 N–H and O–H groups in total. The molecule has 0 saturated carbocycles. The van der Waals surface area contributed by atoms with Crippen molar-refractivity contribution in [3.8, 4) is 0 Å². The fourth-order valence-electron chi connectivity index (χ4n) is 2.67. The molecule has 0 atom stereocenters. The first-order chi connectivity index (χ1) is 14.0. The Bertz CT molecular complexity index is 1130. The van der Waals surface area contributed by atoms with Gasteiger partial charge in [0.15, 0.2) is 11.5 Å². The van der Waals surface area contributed by atoms with Crippen molar-refractivity contribution in [2.75, 3.05) is 5.32 Å². The average molecular weight is 451 g/mol. The number of amides is 1. The van der Waals surface area contributed by atoms with Crippen molar-refractivity contribution in [2.24, 2.45) is 0 Å². The highest BCUT2D eigenvalue weighted by Crippen LogP contribution is 2.27. The summed E-state index contributed by atoms with van der Waals surface area (Å²) in [5, 5.41) is 16.7. The third kappa shape index (κ3) is 4.45. The summed E-state index contributed by atoms with van der Waals surface area (Å²) in [6.45, 7) is 0.709. The Labute approximate surface area is 180 Å². The number of carbonyl (C=O) groups excluding carboxylic acids is 1. The molecule has 0 aliphatic carbocycles. The number of anilines is 1. The molecule has 0 aliphatic heterocycles. The highest BCUT2D eigenvalue weighted by molar-refractivity contribution is 6.36. The summed E-state index contributed by atoms with van der Waals surface area (Å²) < 4.78 is 4.84. The first-order valence-corrected chi connectivity index (χ1v) is 9.61. The maximum atomic E-state index is 12.5. The molecule has 0 spiro atoms. The molecule has 0 aliphatic rings. The van der Waals surface area contributed by atoms with E-state index in [-0.39, 0.29) is 16.5 Å². The van der Waals surface area contributed by atoms with Crippen LogP contribution in [-0.4, -0.2) is 35.2 Å². The van der Waals surface area contributed by atoms with Crippen molar-refractivity contribution in [2.45, 2.75) is 13.2 Å². The van der Waals surface area contributed by atoms with Crippen LogP contribution in [0.2, 0.25) is 15.1 Å². The number of halogens is 3. The molecule has 0 bridgehead atoms. The maximum absolute atomic E-state index is 12.5. The van der Waals surface area contributed by atoms with Gasteiger partial charge in [0.25, 0.3) is 5.91 Å². The van der Waals surface area contributed by atoms with Crippen LogP contribution in [-0.2, 0) is 13.2 Å². The van der Waals surface area contributed by atoms with Crippen LogP contribution >= 0.6 is 34.8 Å². The van der Waals surface area contributed by atoms with Gasteiger partial charge in [0.1, 0.15) is 11.7 Å². The van der Waals surface area contributed by atoms with Gasteiger partial charge in [-0.1, -0.05) is 40.9 Å². The second-order valence-corrected chi connectivity index (χ2v) is 7.33. The molecule has 0 unspecified atom stereocenters. The van der Waals surface area contributed by atoms with Crippen LogP contribution in [0.4, 0.5) is 5.82 Å². The smallest absolute Gasteiger partial charge is 0.277 e. The van der Waals surface area contributed by atoms with Crippen molar-refractivity contribution >= 4 is 46.5 Å². The standard InChI is InChI=1S/C18H14Cl3N7O/c19-13-3-1-4-14(20)12(13)9-28-10-15(21)17(25-28)23-18(29)16-5-8-27(24-16)11-26-7-2-6-22-26/h1-8,10H,9,11H2,(H,23,25,29). The zero-order valence-electron chi connectivity index (χ0n) is 14.8. The van der Waals surface area contributed by atoms with E-state index in [1.807, 2.05) is 6.07 Å². The molecule has 11 heteroatoms. The Morgan fingerprint density at radius 1 is 0.931 bits per heavy atom. The van der Waals surface area contributed by atoms with E-state index in [1.165, 1.54) is 0 Å². The van der Waals surface area contributed by atoms with E-state index >= 15 is 0 Å². The van der Waals surface area contributed by atoms with Gasteiger partial charge < -0.3 is 5.32 Å². The minimum atomic E-state index is -0.424. The van der Waals surface area contributed by atoms with Crippen molar-refractivity contribution in [3.63, 3.8) is 0 Å². The Kier molecular flexibility index (Phi) is 5.57. The Balaban J connectivity index is 1.46. The van der Waals surface area contributed by atoms with E-state index < -0.39 is 5.91 Å². The third-order valence-corrected chi connectivity index (χ3v) is 5.04. The Morgan fingerprint density at radius 2 is 1.72 bits per heavy atom. The summed E-state index contributed by atoms with van der Waals surface area (Å²) in [5.74, 6) is -0.200. The van der Waals surface area contributed by atoms with Crippen LogP contribution in [0.3, 0.4) is 0 Å². The quantitative estimate of drug-likeness (QED) is 0.480. The molecule has 0 radical (unpaired) electrons. The fraction of sp³-hybridized carbons (Fsp3) is 0.111. The van der Waals surface area contributed by atoms with Gasteiger partial charge in [-0.25, -0.2) is 0 Å². The summed E-state index contributed by atoms with van der Waals surface area (Å²) in [7, 11) is 0. The molecular formula is C18H14Cl3N7O. The second-order valence-electron chi connectivity index (χ2n) is 6.10. The zero-order valence-corrected chi connectivity index (χ0v) is 17.1. The summed E-state index contributed by atoms with van der Waals surface area (Å²) >= 11 is 18.6. The summed E-state index contributed by atoms with van der Waals surface area (Å²) in [4.78, 5) is 12.5. The molecule has 3 heterocycles. The molecule has 29 heavy (non-hydrogen) atoms. The predicted octanol–water partition coefficient (Wildman–Crippen LogP) is 4.04. The Hall–Kier alpha value is -2.81. The van der Waals surface area contributed by atoms with Crippen molar-refractivity contribution in [1.82, 2.24) is 29.3 Å². The van der Waals surface area contributed by atoms with Crippen LogP contribution in [0.25, 0.3) is 0 Å². The van der Waals surface area contributed by atoms with Crippen LogP contribution in [0.15, 0.2) is 55.1 Å². The van der Waals surface area contributed by atoms with Gasteiger partial charge in [-0.3, -0.25) is 18.8 Å². The van der Waals surface area contributed by atoms with E-state index in [9.17, 15) is 4.79 Å². The van der Waals surface area contributed by atoms with E-state index in [0.717, 1.165) is 0 Å². The van der Waals surface area contributed by atoms with Gasteiger partial charge in [-0.2, -0.15) is 15.3 Å². The van der Waals surface area contributed by atoms with Gasteiger partial charge in [0.2, 0.25) is 0 Å². The van der Waals surface area contributed by atoms with Crippen molar-refractivity contribution < 1.29 is 4.79 Å². The average Bonchev–Trinajstić information content (AvgIpc) is 3.42. The van der Waals surface area contributed by atoms with Crippen molar-refractivity contribution in [3.05, 3.63) is 81.4 Å². The van der Waals surface area contributed by atoms with Crippen LogP contribution in [0, 0.1) is 0 Å². The number of rotatable bonds is 6. The van der Waals surface area contributed by atoms with Crippen molar-refractivity contribution in [1.29, 1.82) is 0 Å². The largest absolute Gasteiger partial charge is 0.302 e. The molecule has 8 nitrogen and oxygen atoms in total. The lowest BCUT2D eigenvalue weighted by molar-refractivity contribution is 0.102. The molecule has 4 aromatic rings. The summed E-state index contributed by atoms with van der Waals surface area (Å²) in [5.41, 5.74) is 0.946. The molecule has 0 saturated heterocycles. The van der Waals surface area contributed by atoms with Crippen LogP contribution < -0.4 is 5.32 Å². The number of nitrogens with one attached hydrogen (secondary N) is 1. The molecule has 3 aromatic heterocycles. The fourth-order valence-corrected chi connectivity index (χ4v) is 3.39. The molecule has 1 aromatic carbocycles. The van der Waals surface area contributed by atoms with Crippen LogP contribution in [0.1, 0.15) is 16.1 Å². The molecule has 4 rings (SSSR count). The van der Waals surface area contributed by atoms with E-state index in [1.54, 1.807) is 63.1 Å². The first kappa shape index (κ1) is 19.5. The second kappa shape index (κ2) is 8.28. The number of carbonyl (C=O) groups is 1. The molecule has 148 valence electrons. The predicted molar refractivity (Wildman–Crippen MR) is 111 cm³/mol. The molecule has 0 fully saturated rings. The minimum Gasteiger partial charge on any atom is -0.302 e. The highest BCUT2D eigenvalue weighted by atomic mass is 35.5. The van der Waals surface area contributed by atoms with E-state index in [0.29, 0.717) is 28.8 Å². The van der Waals surface area contributed by atoms with Gasteiger partial charge in [-0.15, -0.1) is 0 Å². The number of aromatic nitrogens is 6. The first-order valence-electron chi connectivity index (χ1n) is 8.47. The molecule has 1 amide bonds. The van der Waals surface area contributed by atoms with Crippen LogP contribution in [0.5, 0.6) is 0 Å². The number of hydrogen-bond acceptors (Lipinski definition) is 4. The number of benzene rings is 1. The third-order valence-electron chi connectivity index (χ3n) is 4.05. The number of hydrogen-bond donors (Lipinski definition) is 1. The SMILES string of the molecule is O=C(Nc1nn(Cc2c(Cl)cccc2Cl)cc1Cl)c1ccn(Cn2cccn2)n1. The zero-order chi connectivity index (χ0) is 20.4. The van der Waals surface area contributed by atoms with E-state index in [2.05, 4.69) is 20.6 Å². The highest BCUT2D eigenvalue weighted by Gasteiger charge is 2.16.